The number of hydrogen-bond donors (Lipinski definition) is 0. The van der Waals surface area contributed by atoms with Crippen LogP contribution in [0.3, 0.4) is 0 Å². The van der Waals surface area contributed by atoms with Gasteiger partial charge in [-0.1, -0.05) is 24.3 Å². The number of rotatable bonds is 3. The number of carbonyl (C=O) groups excluding carboxylic acids is 3. The number of benzene rings is 1. The Hall–Kier alpha value is -2.64. The minimum absolute atomic E-state index is 0.0288. The summed E-state index contributed by atoms with van der Waals surface area (Å²) in [5.74, 6) is -3.31. The quantitative estimate of drug-likeness (QED) is 0.560. The molecule has 6 rings (SSSR count). The average Bonchev–Trinajstić information content (AvgIpc) is 3.47. The third kappa shape index (κ3) is 2.58. The molecule has 0 unspecified atom stereocenters. The highest BCUT2D eigenvalue weighted by molar-refractivity contribution is 6.07. The van der Waals surface area contributed by atoms with Crippen molar-refractivity contribution in [1.82, 2.24) is 4.90 Å². The van der Waals surface area contributed by atoms with E-state index in [0.29, 0.717) is 27.9 Å². The van der Waals surface area contributed by atoms with Crippen LogP contribution in [0.5, 0.6) is 0 Å². The lowest BCUT2D eigenvalue weighted by Crippen LogP contribution is -2.49. The second kappa shape index (κ2) is 6.18. The van der Waals surface area contributed by atoms with Crippen molar-refractivity contribution in [2.75, 3.05) is 11.6 Å². The Balaban J connectivity index is 1.50. The van der Waals surface area contributed by atoms with Gasteiger partial charge < -0.3 is 0 Å². The van der Waals surface area contributed by atoms with Gasteiger partial charge in [-0.3, -0.25) is 24.2 Å². The van der Waals surface area contributed by atoms with E-state index in [0.717, 1.165) is 11.3 Å². The molecule has 1 aliphatic heterocycles. The van der Waals surface area contributed by atoms with Gasteiger partial charge in [0.25, 0.3) is 0 Å². The predicted octanol–water partition coefficient (Wildman–Crippen LogP) is 3.21. The first-order valence-corrected chi connectivity index (χ1v) is 10.1. The fourth-order valence-electron chi connectivity index (χ4n) is 5.73. The Morgan fingerprint density at radius 3 is 2.17 bits per heavy atom. The second-order valence-electron chi connectivity index (χ2n) is 8.85. The van der Waals surface area contributed by atoms with Crippen LogP contribution in [0.1, 0.15) is 17.5 Å². The number of anilines is 1. The van der Waals surface area contributed by atoms with Gasteiger partial charge in [0.15, 0.2) is 0 Å². The Morgan fingerprint density at radius 1 is 1.07 bits per heavy atom. The van der Waals surface area contributed by atoms with Gasteiger partial charge in [-0.15, -0.1) is 0 Å². The molecule has 4 aliphatic carbocycles. The van der Waals surface area contributed by atoms with E-state index in [1.54, 1.807) is 26.0 Å². The van der Waals surface area contributed by atoms with E-state index in [2.05, 4.69) is 0 Å². The van der Waals surface area contributed by atoms with Crippen molar-refractivity contribution in [1.29, 1.82) is 0 Å². The zero-order chi connectivity index (χ0) is 21.5. The molecule has 158 valence electrons. The van der Waals surface area contributed by atoms with E-state index in [1.807, 2.05) is 12.2 Å². The lowest BCUT2D eigenvalue weighted by Gasteiger charge is -2.37. The number of aryl methyl sites for hydroxylation is 1. The van der Waals surface area contributed by atoms with Crippen LogP contribution in [0.25, 0.3) is 0 Å². The average molecular weight is 418 g/mol. The first kappa shape index (κ1) is 19.3. The number of likely N-dealkylation sites (tertiary alicyclic amines) is 1. The van der Waals surface area contributed by atoms with Crippen molar-refractivity contribution in [3.05, 3.63) is 41.5 Å². The number of imide groups is 1. The zero-order valence-corrected chi connectivity index (χ0v) is 16.5. The number of carbonyl (C=O) groups is 3. The van der Waals surface area contributed by atoms with Crippen LogP contribution in [0.4, 0.5) is 18.9 Å². The van der Waals surface area contributed by atoms with Crippen LogP contribution >= 0.6 is 0 Å². The van der Waals surface area contributed by atoms with Crippen molar-refractivity contribution in [3.63, 3.8) is 0 Å². The molecule has 1 heterocycles. The maximum Gasteiger partial charge on any atom is 0.471 e. The van der Waals surface area contributed by atoms with Crippen LogP contribution in [0.15, 0.2) is 30.4 Å². The molecule has 0 radical (unpaired) electrons. The van der Waals surface area contributed by atoms with Crippen LogP contribution in [0, 0.1) is 49.4 Å². The summed E-state index contributed by atoms with van der Waals surface area (Å²) in [4.78, 5) is 40.0. The lowest BCUT2D eigenvalue weighted by molar-refractivity contribution is -0.171. The molecule has 2 saturated carbocycles. The fraction of sp³-hybridized carbons (Fsp3) is 0.500. The lowest BCUT2D eigenvalue weighted by atomic mass is 9.63. The number of amides is 3. The zero-order valence-electron chi connectivity index (χ0n) is 16.5. The molecule has 30 heavy (non-hydrogen) atoms. The van der Waals surface area contributed by atoms with Gasteiger partial charge in [0.2, 0.25) is 11.8 Å². The van der Waals surface area contributed by atoms with Gasteiger partial charge in [0, 0.05) is 5.69 Å². The first-order chi connectivity index (χ1) is 14.1. The monoisotopic (exact) mass is 418 g/mol. The normalized spacial score (nSPS) is 33.6. The molecule has 6 atom stereocenters. The minimum atomic E-state index is -5.13. The molecule has 3 fully saturated rings. The van der Waals surface area contributed by atoms with Crippen LogP contribution in [-0.4, -0.2) is 35.5 Å². The molecule has 2 bridgehead atoms. The second-order valence-corrected chi connectivity index (χ2v) is 8.85. The Bertz CT molecular complexity index is 966. The molecule has 8 heteroatoms. The molecule has 5 nitrogen and oxygen atoms in total. The molecular formula is C22H21F3N2O3. The highest BCUT2D eigenvalue weighted by Crippen LogP contribution is 2.65. The van der Waals surface area contributed by atoms with E-state index in [9.17, 15) is 27.6 Å². The van der Waals surface area contributed by atoms with Crippen molar-refractivity contribution >= 4 is 23.4 Å². The topological polar surface area (TPSA) is 57.7 Å². The molecule has 0 N–H and O–H groups in total. The van der Waals surface area contributed by atoms with Crippen LogP contribution in [-0.2, 0) is 14.4 Å². The fourth-order valence-corrected chi connectivity index (χ4v) is 5.73. The summed E-state index contributed by atoms with van der Waals surface area (Å²) in [6.07, 6.45) is -0.135. The van der Waals surface area contributed by atoms with Crippen molar-refractivity contribution in [2.45, 2.75) is 26.4 Å². The number of allylic oxidation sites excluding steroid dienone is 2. The highest BCUT2D eigenvalue weighted by Gasteiger charge is 2.67. The van der Waals surface area contributed by atoms with Gasteiger partial charge in [-0.05, 0) is 61.1 Å². The third-order valence-electron chi connectivity index (χ3n) is 7.39. The highest BCUT2D eigenvalue weighted by atomic mass is 19.4. The van der Waals surface area contributed by atoms with Crippen molar-refractivity contribution < 1.29 is 27.6 Å². The van der Waals surface area contributed by atoms with E-state index < -0.39 is 42.4 Å². The maximum absolute atomic E-state index is 13.4. The van der Waals surface area contributed by atoms with E-state index in [-0.39, 0.29) is 17.5 Å². The van der Waals surface area contributed by atoms with Gasteiger partial charge in [-0.25, -0.2) is 0 Å². The molecule has 0 aromatic heterocycles. The van der Waals surface area contributed by atoms with Crippen molar-refractivity contribution in [3.8, 4) is 0 Å². The van der Waals surface area contributed by atoms with Crippen molar-refractivity contribution in [2.24, 2.45) is 35.5 Å². The summed E-state index contributed by atoms with van der Waals surface area (Å²) in [7, 11) is 0. The van der Waals surface area contributed by atoms with E-state index in [4.69, 9.17) is 0 Å². The molecule has 5 aliphatic rings. The summed E-state index contributed by atoms with van der Waals surface area (Å²) in [5, 5.41) is 0. The summed E-state index contributed by atoms with van der Waals surface area (Å²) in [6.45, 7) is 2.62. The summed E-state index contributed by atoms with van der Waals surface area (Å²) in [6, 6.07) is 4.69. The third-order valence-corrected chi connectivity index (χ3v) is 7.39. The molecular weight excluding hydrogens is 397 g/mol. The van der Waals surface area contributed by atoms with E-state index in [1.165, 1.54) is 6.07 Å². The standard InChI is InChI=1S/C22H21F3N2O3/c1-10-4-3-5-16(11(10)2)26(21(30)22(23,24)25)9-27-19(28)17-12-6-7-13(15-8-14(12)15)18(17)20(27)29/h3-7,12-15,17-18H,8-9H2,1-2H3/t12-,13+,14-,15-,17+,18+/m1/s1. The largest absolute Gasteiger partial charge is 0.471 e. The van der Waals surface area contributed by atoms with Crippen LogP contribution in [0.2, 0.25) is 0 Å². The summed E-state index contributed by atoms with van der Waals surface area (Å²) >= 11 is 0. The van der Waals surface area contributed by atoms with Gasteiger partial charge >= 0.3 is 12.1 Å². The SMILES string of the molecule is Cc1cccc(N(CN2C(=O)[C@H]3[C@@H]4C=C[C@@H]([C@H]5C[C@H]45)[C@@H]3C2=O)C(=O)C(F)(F)F)c1C. The van der Waals surface area contributed by atoms with Gasteiger partial charge in [0.05, 0.1) is 11.8 Å². The summed E-state index contributed by atoms with van der Waals surface area (Å²) < 4.78 is 40.1. The summed E-state index contributed by atoms with van der Waals surface area (Å²) in [5.41, 5.74) is 1.26. The predicted molar refractivity (Wildman–Crippen MR) is 101 cm³/mol. The molecule has 1 saturated heterocycles. The number of halogens is 3. The number of nitrogens with zero attached hydrogens (tertiary/aromatic N) is 2. The maximum atomic E-state index is 13.4. The molecule has 3 amide bonds. The Labute approximate surface area is 171 Å². The Kier molecular flexibility index (Phi) is 3.98. The number of hydrogen-bond acceptors (Lipinski definition) is 3. The molecule has 1 aromatic carbocycles. The smallest absolute Gasteiger partial charge is 0.286 e. The van der Waals surface area contributed by atoms with Gasteiger partial charge in [-0.2, -0.15) is 13.2 Å². The minimum Gasteiger partial charge on any atom is -0.286 e. The van der Waals surface area contributed by atoms with Crippen LogP contribution < -0.4 is 4.90 Å². The number of alkyl halides is 3. The first-order valence-electron chi connectivity index (χ1n) is 10.1. The molecule has 0 spiro atoms. The Morgan fingerprint density at radius 2 is 1.63 bits per heavy atom. The molecule has 1 aromatic rings. The van der Waals surface area contributed by atoms with E-state index >= 15 is 0 Å². The van der Waals surface area contributed by atoms with Gasteiger partial charge in [0.1, 0.15) is 6.67 Å².